The monoisotopic (exact) mass is 325 g/mol. The molecular weight excluding hydrogens is 302 g/mol. The van der Waals surface area contributed by atoms with E-state index < -0.39 is 0 Å². The Morgan fingerprint density at radius 3 is 2.58 bits per heavy atom. The molecule has 0 radical (unpaired) electrons. The maximum atomic E-state index is 11.3. The molecule has 24 heavy (non-hydrogen) atoms. The van der Waals surface area contributed by atoms with Crippen LogP contribution in [0.3, 0.4) is 0 Å². The van der Waals surface area contributed by atoms with E-state index in [4.69, 9.17) is 4.74 Å². The van der Waals surface area contributed by atoms with Gasteiger partial charge in [0, 0.05) is 13.1 Å². The molecule has 0 aliphatic carbocycles. The molecule has 0 saturated heterocycles. The lowest BCUT2D eigenvalue weighted by Gasteiger charge is -2.13. The summed E-state index contributed by atoms with van der Waals surface area (Å²) in [5.41, 5.74) is 3.81. The number of ether oxygens (including phenoxy) is 1. The van der Waals surface area contributed by atoms with Crippen LogP contribution in [0.15, 0.2) is 47.3 Å². The minimum Gasteiger partial charge on any atom is -0.491 e. The highest BCUT2D eigenvalue weighted by Crippen LogP contribution is 2.16. The van der Waals surface area contributed by atoms with Gasteiger partial charge in [-0.15, -0.1) is 0 Å². The van der Waals surface area contributed by atoms with Crippen molar-refractivity contribution in [2.45, 2.75) is 39.5 Å². The molecule has 0 aliphatic heterocycles. The van der Waals surface area contributed by atoms with Crippen LogP contribution in [0.5, 0.6) is 5.75 Å². The van der Waals surface area contributed by atoms with E-state index in [9.17, 15) is 4.79 Å². The number of imidazole rings is 1. The summed E-state index contributed by atoms with van der Waals surface area (Å²) in [6, 6.07) is 14.1. The van der Waals surface area contributed by atoms with Crippen molar-refractivity contribution in [3.8, 4) is 5.75 Å². The van der Waals surface area contributed by atoms with Crippen LogP contribution in [0.4, 0.5) is 0 Å². The van der Waals surface area contributed by atoms with Crippen LogP contribution in [-0.2, 0) is 13.1 Å². The summed E-state index contributed by atoms with van der Waals surface area (Å²) in [6.07, 6.45) is 1.22. The minimum absolute atomic E-state index is 0.173. The van der Waals surface area contributed by atoms with Gasteiger partial charge in [0.05, 0.1) is 17.1 Å². The molecule has 5 nitrogen and oxygen atoms in total. The quantitative estimate of drug-likeness (QED) is 0.624. The highest BCUT2D eigenvalue weighted by atomic mass is 16.5. The van der Waals surface area contributed by atoms with Crippen LogP contribution in [0.1, 0.15) is 31.4 Å². The van der Waals surface area contributed by atoms with Gasteiger partial charge >= 0.3 is 5.69 Å². The van der Waals surface area contributed by atoms with Crippen molar-refractivity contribution in [2.24, 2.45) is 0 Å². The number of nitrogens with one attached hydrogen (secondary N) is 3. The van der Waals surface area contributed by atoms with Crippen LogP contribution < -0.4 is 15.7 Å². The van der Waals surface area contributed by atoms with Crippen LogP contribution in [0, 0.1) is 0 Å². The molecule has 1 heterocycles. The third-order valence-electron chi connectivity index (χ3n) is 4.05. The van der Waals surface area contributed by atoms with Crippen molar-refractivity contribution < 1.29 is 4.74 Å². The van der Waals surface area contributed by atoms with E-state index in [1.807, 2.05) is 30.3 Å². The molecular formula is C19H23N3O2. The zero-order valence-electron chi connectivity index (χ0n) is 14.1. The third-order valence-corrected chi connectivity index (χ3v) is 4.05. The Hall–Kier alpha value is -2.53. The maximum Gasteiger partial charge on any atom is 0.323 e. The Morgan fingerprint density at radius 2 is 1.79 bits per heavy atom. The molecule has 1 aromatic heterocycles. The topological polar surface area (TPSA) is 69.9 Å². The zero-order valence-corrected chi connectivity index (χ0v) is 14.1. The van der Waals surface area contributed by atoms with Gasteiger partial charge in [-0.3, -0.25) is 0 Å². The van der Waals surface area contributed by atoms with Gasteiger partial charge in [0.2, 0.25) is 0 Å². The average Bonchev–Trinajstić information content (AvgIpc) is 2.94. The second-order valence-corrected chi connectivity index (χ2v) is 6.05. The number of rotatable bonds is 7. The van der Waals surface area contributed by atoms with Crippen molar-refractivity contribution in [3.63, 3.8) is 0 Å². The molecule has 2 aromatic carbocycles. The first kappa shape index (κ1) is 16.3. The summed E-state index contributed by atoms with van der Waals surface area (Å²) >= 11 is 0. The van der Waals surface area contributed by atoms with E-state index in [-0.39, 0.29) is 11.8 Å². The molecule has 1 unspecified atom stereocenters. The lowest BCUT2D eigenvalue weighted by atomic mass is 10.2. The Morgan fingerprint density at radius 1 is 1.04 bits per heavy atom. The van der Waals surface area contributed by atoms with Gasteiger partial charge < -0.3 is 20.0 Å². The van der Waals surface area contributed by atoms with E-state index in [1.54, 1.807) is 0 Å². The largest absolute Gasteiger partial charge is 0.491 e. The van der Waals surface area contributed by atoms with Crippen LogP contribution >= 0.6 is 0 Å². The molecule has 5 heteroatoms. The van der Waals surface area contributed by atoms with Crippen molar-refractivity contribution in [1.29, 1.82) is 0 Å². The first-order chi connectivity index (χ1) is 11.6. The van der Waals surface area contributed by atoms with Crippen molar-refractivity contribution >= 4 is 11.0 Å². The van der Waals surface area contributed by atoms with Gasteiger partial charge in [-0.25, -0.2) is 4.79 Å². The van der Waals surface area contributed by atoms with Gasteiger partial charge in [-0.1, -0.05) is 25.1 Å². The fourth-order valence-electron chi connectivity index (χ4n) is 2.59. The number of hydrogen-bond acceptors (Lipinski definition) is 3. The SMILES string of the molecule is CCC(C)Oc1cccc(CNCc2ccc3[nH]c(=O)[nH]c3c2)c1. The molecule has 0 fully saturated rings. The van der Waals surface area contributed by atoms with Gasteiger partial charge in [0.25, 0.3) is 0 Å². The molecule has 3 N–H and O–H groups in total. The van der Waals surface area contributed by atoms with Gasteiger partial charge in [-0.05, 0) is 48.7 Å². The molecule has 3 rings (SSSR count). The predicted molar refractivity (Wildman–Crippen MR) is 96.3 cm³/mol. The first-order valence-corrected chi connectivity index (χ1v) is 8.31. The minimum atomic E-state index is -0.173. The fourth-order valence-corrected chi connectivity index (χ4v) is 2.59. The smallest absolute Gasteiger partial charge is 0.323 e. The third kappa shape index (κ3) is 4.06. The summed E-state index contributed by atoms with van der Waals surface area (Å²) in [5.74, 6) is 0.912. The second kappa shape index (κ2) is 7.36. The molecule has 3 aromatic rings. The standard InChI is InChI=1S/C19H23N3O2/c1-3-13(2)24-16-6-4-5-14(9-16)11-20-12-15-7-8-17-18(10-15)22-19(23)21-17/h4-10,13,20H,3,11-12H2,1-2H3,(H2,21,22,23). The maximum absolute atomic E-state index is 11.3. The Labute approximate surface area is 141 Å². The lowest BCUT2D eigenvalue weighted by molar-refractivity contribution is 0.217. The van der Waals surface area contributed by atoms with Crippen LogP contribution in [-0.4, -0.2) is 16.1 Å². The van der Waals surface area contributed by atoms with E-state index in [1.165, 1.54) is 5.56 Å². The van der Waals surface area contributed by atoms with E-state index in [2.05, 4.69) is 41.3 Å². The summed E-state index contributed by atoms with van der Waals surface area (Å²) in [7, 11) is 0. The number of fused-ring (bicyclic) bond motifs is 1. The molecule has 126 valence electrons. The van der Waals surface area contributed by atoms with Crippen LogP contribution in [0.25, 0.3) is 11.0 Å². The van der Waals surface area contributed by atoms with Crippen molar-refractivity contribution in [2.75, 3.05) is 0 Å². The van der Waals surface area contributed by atoms with Crippen molar-refractivity contribution in [1.82, 2.24) is 15.3 Å². The summed E-state index contributed by atoms with van der Waals surface area (Å²) in [4.78, 5) is 16.8. The van der Waals surface area contributed by atoms with Gasteiger partial charge in [0.1, 0.15) is 5.75 Å². The molecule has 0 saturated carbocycles. The zero-order chi connectivity index (χ0) is 16.9. The molecule has 0 spiro atoms. The van der Waals surface area contributed by atoms with E-state index in [0.717, 1.165) is 41.9 Å². The summed E-state index contributed by atoms with van der Waals surface area (Å²) in [6.45, 7) is 5.69. The number of hydrogen-bond donors (Lipinski definition) is 3. The first-order valence-electron chi connectivity index (χ1n) is 8.31. The molecule has 0 bridgehead atoms. The van der Waals surface area contributed by atoms with Crippen LogP contribution in [0.2, 0.25) is 0 Å². The predicted octanol–water partition coefficient (Wildman–Crippen LogP) is 3.32. The molecule has 0 aliphatic rings. The highest BCUT2D eigenvalue weighted by molar-refractivity contribution is 5.74. The normalized spacial score (nSPS) is 12.4. The summed E-state index contributed by atoms with van der Waals surface area (Å²) in [5, 5.41) is 3.43. The average molecular weight is 325 g/mol. The Bertz CT molecular complexity index is 866. The van der Waals surface area contributed by atoms with E-state index in [0.29, 0.717) is 0 Å². The summed E-state index contributed by atoms with van der Waals surface area (Å²) < 4.78 is 5.85. The number of H-pyrrole nitrogens is 2. The molecule has 1 atom stereocenters. The number of aromatic nitrogens is 2. The Kier molecular flexibility index (Phi) is 5.01. The van der Waals surface area contributed by atoms with E-state index >= 15 is 0 Å². The second-order valence-electron chi connectivity index (χ2n) is 6.05. The lowest BCUT2D eigenvalue weighted by Crippen LogP contribution is -2.13. The van der Waals surface area contributed by atoms with Gasteiger partial charge in [0.15, 0.2) is 0 Å². The Balaban J connectivity index is 1.59. The van der Waals surface area contributed by atoms with Crippen molar-refractivity contribution in [3.05, 3.63) is 64.1 Å². The van der Waals surface area contributed by atoms with Gasteiger partial charge in [-0.2, -0.15) is 0 Å². The number of benzene rings is 2. The highest BCUT2D eigenvalue weighted by Gasteiger charge is 2.03. The number of aromatic amines is 2. The molecule has 0 amide bonds. The fraction of sp³-hybridized carbons (Fsp3) is 0.316.